The van der Waals surface area contributed by atoms with Gasteiger partial charge in [0.15, 0.2) is 0 Å². The summed E-state index contributed by atoms with van der Waals surface area (Å²) in [4.78, 5) is 12.2. The van der Waals surface area contributed by atoms with Crippen molar-refractivity contribution >= 4 is 5.91 Å². The van der Waals surface area contributed by atoms with Crippen LogP contribution in [-0.2, 0) is 22.0 Å². The molecule has 0 saturated heterocycles. The second-order valence-corrected chi connectivity index (χ2v) is 9.80. The number of amides is 1. The molecule has 0 aliphatic heterocycles. The number of unbranched alkanes of at least 4 members (excludes halogenated alkanes) is 4. The molecule has 0 spiro atoms. The van der Waals surface area contributed by atoms with Crippen molar-refractivity contribution in [2.75, 3.05) is 6.54 Å². The number of aromatic hydroxyl groups is 1. The van der Waals surface area contributed by atoms with Crippen molar-refractivity contribution in [1.82, 2.24) is 5.32 Å². The minimum absolute atomic E-state index is 0.119. The van der Waals surface area contributed by atoms with Gasteiger partial charge >= 0.3 is 0 Å². The third kappa shape index (κ3) is 7.94. The molecule has 0 aliphatic carbocycles. The summed E-state index contributed by atoms with van der Waals surface area (Å²) in [6.45, 7) is 15.7. The lowest BCUT2D eigenvalue weighted by Gasteiger charge is -2.28. The molecule has 0 atom stereocenters. The maximum Gasteiger partial charge on any atom is 0.220 e. The van der Waals surface area contributed by atoms with Crippen molar-refractivity contribution in [3.8, 4) is 5.75 Å². The highest BCUT2D eigenvalue weighted by atomic mass is 16.3. The lowest BCUT2D eigenvalue weighted by Crippen LogP contribution is -2.24. The number of carbonyl (C=O) groups excluding carboxylic acids is 1. The lowest BCUT2D eigenvalue weighted by atomic mass is 9.78. The predicted molar refractivity (Wildman–Crippen MR) is 116 cm³/mol. The second kappa shape index (κ2) is 10.1. The molecule has 154 valence electrons. The van der Waals surface area contributed by atoms with E-state index in [1.54, 1.807) is 0 Å². The van der Waals surface area contributed by atoms with Crippen molar-refractivity contribution in [1.29, 1.82) is 0 Å². The summed E-state index contributed by atoms with van der Waals surface area (Å²) >= 11 is 0. The Morgan fingerprint density at radius 2 is 1.44 bits per heavy atom. The minimum atomic E-state index is -0.138. The molecule has 1 aromatic rings. The number of nitrogens with one attached hydrogen (secondary N) is 1. The molecule has 0 saturated carbocycles. The van der Waals surface area contributed by atoms with Gasteiger partial charge in [0, 0.05) is 13.0 Å². The first-order chi connectivity index (χ1) is 12.5. The van der Waals surface area contributed by atoms with E-state index in [-0.39, 0.29) is 16.7 Å². The molecule has 1 amide bonds. The maximum atomic E-state index is 12.2. The Bertz CT molecular complexity index is 571. The zero-order valence-electron chi connectivity index (χ0n) is 18.7. The van der Waals surface area contributed by atoms with E-state index >= 15 is 0 Å². The molecule has 27 heavy (non-hydrogen) atoms. The standard InChI is InChI=1S/C24H41NO2/c1-8-9-10-11-12-15-25-21(26)14-13-18-16-19(23(2,3)4)22(27)20(17-18)24(5,6)7/h16-17,27H,8-15H2,1-7H3,(H,25,26). The van der Waals surface area contributed by atoms with Crippen LogP contribution in [0.25, 0.3) is 0 Å². The van der Waals surface area contributed by atoms with Crippen LogP contribution >= 0.6 is 0 Å². The Labute approximate surface area is 167 Å². The quantitative estimate of drug-likeness (QED) is 0.520. The van der Waals surface area contributed by atoms with Crippen LogP contribution in [0.15, 0.2) is 12.1 Å². The molecule has 0 fully saturated rings. The Balaban J connectivity index is 2.73. The van der Waals surface area contributed by atoms with Crippen LogP contribution in [0.4, 0.5) is 0 Å². The highest BCUT2D eigenvalue weighted by Crippen LogP contribution is 2.39. The van der Waals surface area contributed by atoms with Crippen molar-refractivity contribution in [3.05, 3.63) is 28.8 Å². The van der Waals surface area contributed by atoms with Gasteiger partial charge in [-0.1, -0.05) is 86.3 Å². The number of carbonyl (C=O) groups is 1. The van der Waals surface area contributed by atoms with Gasteiger partial charge < -0.3 is 10.4 Å². The molecule has 0 heterocycles. The number of aryl methyl sites for hydroxylation is 1. The molecule has 2 N–H and O–H groups in total. The monoisotopic (exact) mass is 375 g/mol. The zero-order chi connectivity index (χ0) is 20.7. The van der Waals surface area contributed by atoms with E-state index in [1.807, 2.05) is 0 Å². The largest absolute Gasteiger partial charge is 0.507 e. The Morgan fingerprint density at radius 3 is 1.93 bits per heavy atom. The first kappa shape index (κ1) is 23.5. The zero-order valence-corrected chi connectivity index (χ0v) is 18.7. The summed E-state index contributed by atoms with van der Waals surface area (Å²) in [5.74, 6) is 0.517. The molecule has 3 nitrogen and oxygen atoms in total. The number of hydrogen-bond donors (Lipinski definition) is 2. The Kier molecular flexibility index (Phi) is 8.84. The molecular formula is C24H41NO2. The predicted octanol–water partition coefficient (Wildman–Crippen LogP) is 6.01. The number of phenols is 1. The van der Waals surface area contributed by atoms with Gasteiger partial charge in [-0.25, -0.2) is 0 Å². The fraction of sp³-hybridized carbons (Fsp3) is 0.708. The van der Waals surface area contributed by atoms with E-state index in [9.17, 15) is 9.90 Å². The Morgan fingerprint density at radius 1 is 0.926 bits per heavy atom. The molecule has 0 aliphatic rings. The number of hydrogen-bond acceptors (Lipinski definition) is 2. The number of benzene rings is 1. The van der Waals surface area contributed by atoms with Crippen molar-refractivity contribution in [2.24, 2.45) is 0 Å². The van der Waals surface area contributed by atoms with Gasteiger partial charge in [-0.15, -0.1) is 0 Å². The first-order valence-electron chi connectivity index (χ1n) is 10.6. The molecule has 0 bridgehead atoms. The smallest absolute Gasteiger partial charge is 0.220 e. The topological polar surface area (TPSA) is 49.3 Å². The first-order valence-corrected chi connectivity index (χ1v) is 10.6. The van der Waals surface area contributed by atoms with Crippen LogP contribution in [0.1, 0.15) is 104 Å². The van der Waals surface area contributed by atoms with Crippen molar-refractivity contribution in [2.45, 2.75) is 104 Å². The molecule has 3 heteroatoms. The molecule has 0 aromatic heterocycles. The fourth-order valence-electron chi connectivity index (χ4n) is 3.28. The van der Waals surface area contributed by atoms with Crippen LogP contribution < -0.4 is 5.32 Å². The van der Waals surface area contributed by atoms with Crippen LogP contribution in [0.5, 0.6) is 5.75 Å². The molecule has 0 radical (unpaired) electrons. The van der Waals surface area contributed by atoms with Crippen LogP contribution in [0.3, 0.4) is 0 Å². The second-order valence-electron chi connectivity index (χ2n) is 9.80. The van der Waals surface area contributed by atoms with Gasteiger partial charge in [0.05, 0.1) is 0 Å². The fourth-order valence-corrected chi connectivity index (χ4v) is 3.28. The summed E-state index contributed by atoms with van der Waals surface area (Å²) in [7, 11) is 0. The van der Waals surface area contributed by atoms with E-state index in [0.717, 1.165) is 29.7 Å². The molecule has 1 rings (SSSR count). The van der Waals surface area contributed by atoms with E-state index in [2.05, 4.69) is 65.9 Å². The van der Waals surface area contributed by atoms with E-state index in [0.29, 0.717) is 18.6 Å². The summed E-state index contributed by atoms with van der Waals surface area (Å²) in [6.07, 6.45) is 7.22. The van der Waals surface area contributed by atoms with Crippen molar-refractivity contribution in [3.63, 3.8) is 0 Å². The molecular weight excluding hydrogens is 334 g/mol. The summed E-state index contributed by atoms with van der Waals surface area (Å²) in [5.41, 5.74) is 2.77. The highest BCUT2D eigenvalue weighted by Gasteiger charge is 2.26. The van der Waals surface area contributed by atoms with Crippen molar-refractivity contribution < 1.29 is 9.90 Å². The van der Waals surface area contributed by atoms with E-state index < -0.39 is 0 Å². The molecule has 0 unspecified atom stereocenters. The van der Waals surface area contributed by atoms with Gasteiger partial charge in [-0.2, -0.15) is 0 Å². The number of rotatable bonds is 9. The third-order valence-electron chi connectivity index (χ3n) is 5.03. The van der Waals surface area contributed by atoms with Gasteiger partial charge in [-0.3, -0.25) is 4.79 Å². The number of phenolic OH excluding ortho intramolecular Hbond substituents is 1. The van der Waals surface area contributed by atoms with E-state index in [4.69, 9.17) is 0 Å². The molecule has 1 aromatic carbocycles. The van der Waals surface area contributed by atoms with E-state index in [1.165, 1.54) is 25.7 Å². The van der Waals surface area contributed by atoms with Gasteiger partial charge in [0.25, 0.3) is 0 Å². The normalized spacial score (nSPS) is 12.3. The Hall–Kier alpha value is -1.51. The third-order valence-corrected chi connectivity index (χ3v) is 5.03. The maximum absolute atomic E-state index is 12.2. The highest BCUT2D eigenvalue weighted by molar-refractivity contribution is 5.76. The summed E-state index contributed by atoms with van der Waals surface area (Å²) in [6, 6.07) is 4.14. The van der Waals surface area contributed by atoms with Gasteiger partial charge in [0.1, 0.15) is 5.75 Å². The van der Waals surface area contributed by atoms with Crippen LogP contribution in [0.2, 0.25) is 0 Å². The minimum Gasteiger partial charge on any atom is -0.507 e. The summed E-state index contributed by atoms with van der Waals surface area (Å²) in [5, 5.41) is 13.8. The van der Waals surface area contributed by atoms with Gasteiger partial charge in [0.2, 0.25) is 5.91 Å². The van der Waals surface area contributed by atoms with Gasteiger partial charge in [-0.05, 0) is 40.4 Å². The average molecular weight is 376 g/mol. The summed E-state index contributed by atoms with van der Waals surface area (Å²) < 4.78 is 0. The average Bonchev–Trinajstić information content (AvgIpc) is 2.54. The lowest BCUT2D eigenvalue weighted by molar-refractivity contribution is -0.121. The van der Waals surface area contributed by atoms with Crippen LogP contribution in [-0.4, -0.2) is 17.6 Å². The van der Waals surface area contributed by atoms with Crippen LogP contribution in [0, 0.1) is 0 Å². The SMILES string of the molecule is CCCCCCCNC(=O)CCc1cc(C(C)(C)C)c(O)c(C(C)(C)C)c1.